The van der Waals surface area contributed by atoms with Gasteiger partial charge in [0.05, 0.1) is 19.0 Å². The van der Waals surface area contributed by atoms with Crippen molar-refractivity contribution in [1.29, 1.82) is 0 Å². The highest BCUT2D eigenvalue weighted by Gasteiger charge is 2.54. The normalized spacial score (nSPS) is 21.0. The number of aromatic amines is 1. The van der Waals surface area contributed by atoms with E-state index in [1.807, 2.05) is 24.3 Å². The molecule has 0 unspecified atom stereocenters. The number of para-hydroxylation sites is 1. The number of hydrazone groups is 1. The molecule has 1 fully saturated rings. The quantitative estimate of drug-likeness (QED) is 0.638. The second-order valence-corrected chi connectivity index (χ2v) is 7.93. The van der Waals surface area contributed by atoms with E-state index in [-0.39, 0.29) is 24.1 Å². The summed E-state index contributed by atoms with van der Waals surface area (Å²) in [6, 6.07) is 12.7. The van der Waals surface area contributed by atoms with E-state index in [0.29, 0.717) is 24.3 Å². The SMILES string of the molecule is COc1cc(/C=N\N2CC(=O)N3CCc4c([nH]c5ccccc45)[C@]3(C)C2=O)ccc1O. The highest BCUT2D eigenvalue weighted by atomic mass is 16.5. The van der Waals surface area contributed by atoms with E-state index < -0.39 is 5.54 Å². The third-order valence-corrected chi connectivity index (χ3v) is 6.21. The molecule has 31 heavy (non-hydrogen) atoms. The number of hydrogen-bond donors (Lipinski definition) is 2. The molecule has 158 valence electrons. The smallest absolute Gasteiger partial charge is 0.275 e. The van der Waals surface area contributed by atoms with Gasteiger partial charge in [-0.1, -0.05) is 18.2 Å². The number of aromatic hydroxyl groups is 1. The van der Waals surface area contributed by atoms with Crippen LogP contribution in [-0.2, 0) is 21.5 Å². The number of fused-ring (bicyclic) bond motifs is 5. The second-order valence-electron chi connectivity index (χ2n) is 7.93. The van der Waals surface area contributed by atoms with E-state index in [4.69, 9.17) is 4.74 Å². The average molecular weight is 418 g/mol. The lowest BCUT2D eigenvalue weighted by atomic mass is 9.83. The zero-order valence-corrected chi connectivity index (χ0v) is 17.3. The first-order valence-electron chi connectivity index (χ1n) is 10.1. The van der Waals surface area contributed by atoms with Gasteiger partial charge in [0, 0.05) is 17.4 Å². The molecule has 2 aliphatic heterocycles. The molecule has 2 aliphatic rings. The number of piperazine rings is 1. The first kappa shape index (κ1) is 19.2. The maximum absolute atomic E-state index is 13.6. The lowest BCUT2D eigenvalue weighted by Crippen LogP contribution is -2.65. The lowest BCUT2D eigenvalue weighted by Gasteiger charge is -2.48. The number of aromatic nitrogens is 1. The van der Waals surface area contributed by atoms with Crippen LogP contribution < -0.4 is 4.74 Å². The second kappa shape index (κ2) is 6.87. The van der Waals surface area contributed by atoms with E-state index in [1.165, 1.54) is 24.4 Å². The van der Waals surface area contributed by atoms with Crippen LogP contribution in [-0.4, -0.2) is 58.2 Å². The lowest BCUT2D eigenvalue weighted by molar-refractivity contribution is -0.165. The topological polar surface area (TPSA) is 98.2 Å². The Kier molecular flexibility index (Phi) is 4.25. The highest BCUT2D eigenvalue weighted by Crippen LogP contribution is 2.42. The summed E-state index contributed by atoms with van der Waals surface area (Å²) in [7, 11) is 1.46. The largest absolute Gasteiger partial charge is 0.504 e. The van der Waals surface area contributed by atoms with Crippen LogP contribution in [0, 0.1) is 0 Å². The molecule has 0 bridgehead atoms. The van der Waals surface area contributed by atoms with Crippen LogP contribution in [0.4, 0.5) is 0 Å². The van der Waals surface area contributed by atoms with Crippen LogP contribution in [0.5, 0.6) is 11.5 Å². The van der Waals surface area contributed by atoms with Crippen molar-refractivity contribution >= 4 is 28.9 Å². The first-order chi connectivity index (χ1) is 14.9. The fourth-order valence-electron chi connectivity index (χ4n) is 4.59. The van der Waals surface area contributed by atoms with Gasteiger partial charge in [-0.2, -0.15) is 5.10 Å². The van der Waals surface area contributed by atoms with Gasteiger partial charge in [-0.3, -0.25) is 9.59 Å². The van der Waals surface area contributed by atoms with Crippen molar-refractivity contribution in [1.82, 2.24) is 14.9 Å². The zero-order chi connectivity index (χ0) is 21.8. The highest BCUT2D eigenvalue weighted by molar-refractivity contribution is 6.01. The van der Waals surface area contributed by atoms with E-state index >= 15 is 0 Å². The van der Waals surface area contributed by atoms with E-state index in [0.717, 1.165) is 22.2 Å². The summed E-state index contributed by atoms with van der Waals surface area (Å²) in [6.07, 6.45) is 2.19. The minimum atomic E-state index is -1.15. The number of nitrogens with zero attached hydrogens (tertiary/aromatic N) is 3. The Bertz CT molecular complexity index is 1250. The molecule has 2 N–H and O–H groups in total. The molecular formula is C23H22N4O4. The molecule has 0 saturated carbocycles. The van der Waals surface area contributed by atoms with E-state index in [2.05, 4.69) is 10.1 Å². The summed E-state index contributed by atoms with van der Waals surface area (Å²) < 4.78 is 5.11. The number of rotatable bonds is 3. The summed E-state index contributed by atoms with van der Waals surface area (Å²) in [6.45, 7) is 2.16. The first-order valence-corrected chi connectivity index (χ1v) is 10.1. The summed E-state index contributed by atoms with van der Waals surface area (Å²) in [4.78, 5) is 31.6. The molecule has 2 amide bonds. The van der Waals surface area contributed by atoms with Crippen molar-refractivity contribution < 1.29 is 19.4 Å². The molecular weight excluding hydrogens is 396 g/mol. The standard InChI is InChI=1S/C23H22N4O4/c1-23-21-16(15-5-3-4-6-17(15)25-21)9-10-26(23)20(29)13-27(22(23)30)24-12-14-7-8-18(28)19(11-14)31-2/h3-8,11-12,25,28H,9-10,13H2,1-2H3/b24-12-/t23-/m1/s1. The Hall–Kier alpha value is -3.81. The zero-order valence-electron chi connectivity index (χ0n) is 17.3. The predicted octanol–water partition coefficient (Wildman–Crippen LogP) is 2.36. The van der Waals surface area contributed by atoms with Crippen molar-refractivity contribution in [2.24, 2.45) is 5.10 Å². The van der Waals surface area contributed by atoms with Crippen LogP contribution in [0.1, 0.15) is 23.7 Å². The minimum absolute atomic E-state index is 0.0144. The third-order valence-electron chi connectivity index (χ3n) is 6.21. The van der Waals surface area contributed by atoms with Gasteiger partial charge in [0.1, 0.15) is 6.54 Å². The van der Waals surface area contributed by atoms with Crippen molar-refractivity contribution in [2.45, 2.75) is 18.9 Å². The van der Waals surface area contributed by atoms with Gasteiger partial charge in [-0.15, -0.1) is 0 Å². The van der Waals surface area contributed by atoms with Crippen molar-refractivity contribution in [2.75, 3.05) is 20.2 Å². The number of hydrogen-bond acceptors (Lipinski definition) is 5. The Morgan fingerprint density at radius 3 is 2.84 bits per heavy atom. The van der Waals surface area contributed by atoms with Crippen LogP contribution in [0.25, 0.3) is 10.9 Å². The van der Waals surface area contributed by atoms with Crippen LogP contribution in [0.15, 0.2) is 47.6 Å². The Balaban J connectivity index is 1.53. The molecule has 3 heterocycles. The Labute approximate surface area is 178 Å². The van der Waals surface area contributed by atoms with Gasteiger partial charge in [-0.25, -0.2) is 5.01 Å². The molecule has 0 spiro atoms. The summed E-state index contributed by atoms with van der Waals surface area (Å²) in [5.74, 6) is -0.0906. The van der Waals surface area contributed by atoms with E-state index in [1.54, 1.807) is 24.0 Å². The van der Waals surface area contributed by atoms with Crippen LogP contribution in [0.3, 0.4) is 0 Å². The Morgan fingerprint density at radius 1 is 1.23 bits per heavy atom. The Morgan fingerprint density at radius 2 is 2.03 bits per heavy atom. The number of H-pyrrole nitrogens is 1. The molecule has 1 atom stereocenters. The molecule has 1 saturated heterocycles. The van der Waals surface area contributed by atoms with Crippen LogP contribution in [0.2, 0.25) is 0 Å². The maximum atomic E-state index is 13.6. The van der Waals surface area contributed by atoms with Gasteiger partial charge >= 0.3 is 0 Å². The fraction of sp³-hybridized carbons (Fsp3) is 0.261. The number of methoxy groups -OCH3 is 1. The number of phenols is 1. The molecule has 0 radical (unpaired) electrons. The predicted molar refractivity (Wildman–Crippen MR) is 115 cm³/mol. The van der Waals surface area contributed by atoms with Crippen molar-refractivity contribution in [3.8, 4) is 11.5 Å². The number of ether oxygens (including phenoxy) is 1. The summed E-state index contributed by atoms with van der Waals surface area (Å²) in [5.41, 5.74) is 2.27. The molecule has 8 heteroatoms. The van der Waals surface area contributed by atoms with Gasteiger partial charge < -0.3 is 19.7 Å². The maximum Gasteiger partial charge on any atom is 0.275 e. The van der Waals surface area contributed by atoms with Gasteiger partial charge in [0.15, 0.2) is 17.0 Å². The van der Waals surface area contributed by atoms with E-state index in [9.17, 15) is 14.7 Å². The number of phenolic OH excluding ortho intramolecular Hbond substituents is 1. The molecule has 8 nitrogen and oxygen atoms in total. The molecule has 2 aromatic carbocycles. The van der Waals surface area contributed by atoms with Crippen molar-refractivity contribution in [3.05, 3.63) is 59.3 Å². The monoisotopic (exact) mass is 418 g/mol. The summed E-state index contributed by atoms with van der Waals surface area (Å²) >= 11 is 0. The molecule has 0 aliphatic carbocycles. The number of nitrogens with one attached hydrogen (secondary N) is 1. The minimum Gasteiger partial charge on any atom is -0.504 e. The molecule has 5 rings (SSSR count). The number of amides is 2. The number of benzene rings is 2. The molecule has 1 aromatic heterocycles. The van der Waals surface area contributed by atoms with Gasteiger partial charge in [0.25, 0.3) is 5.91 Å². The van der Waals surface area contributed by atoms with Gasteiger partial charge in [0.2, 0.25) is 5.91 Å². The van der Waals surface area contributed by atoms with Crippen molar-refractivity contribution in [3.63, 3.8) is 0 Å². The fourth-order valence-corrected chi connectivity index (χ4v) is 4.59. The van der Waals surface area contributed by atoms with Gasteiger partial charge in [-0.05, 0) is 48.7 Å². The molecule has 3 aromatic rings. The number of carbonyl (C=O) groups excluding carboxylic acids is 2. The van der Waals surface area contributed by atoms with Crippen LogP contribution >= 0.6 is 0 Å². The number of carbonyl (C=O) groups is 2. The third kappa shape index (κ3) is 2.78. The average Bonchev–Trinajstić information content (AvgIpc) is 3.16. The summed E-state index contributed by atoms with van der Waals surface area (Å²) in [5, 5.41) is 16.4.